The summed E-state index contributed by atoms with van der Waals surface area (Å²) in [4.78, 5) is 14.0. The minimum absolute atomic E-state index is 0.183. The van der Waals surface area contributed by atoms with E-state index in [0.29, 0.717) is 6.04 Å². The zero-order valence-corrected chi connectivity index (χ0v) is 13.4. The zero-order valence-electron chi connectivity index (χ0n) is 13.4. The number of rotatable bonds is 3. The Morgan fingerprint density at radius 3 is 2.86 bits per heavy atom. The predicted octanol–water partition coefficient (Wildman–Crippen LogP) is 3.16. The number of nitrogens with one attached hydrogen (secondary N) is 1. The van der Waals surface area contributed by atoms with E-state index in [4.69, 9.17) is 9.15 Å². The van der Waals surface area contributed by atoms with Crippen molar-refractivity contribution in [3.63, 3.8) is 0 Å². The second-order valence-electron chi connectivity index (χ2n) is 6.70. The number of nitrogens with zero attached hydrogens (tertiary/aromatic N) is 1. The molecule has 2 unspecified atom stereocenters. The summed E-state index contributed by atoms with van der Waals surface area (Å²) in [6.07, 6.45) is 3.34. The van der Waals surface area contributed by atoms with Crippen LogP contribution in [0, 0.1) is 0 Å². The lowest BCUT2D eigenvalue weighted by molar-refractivity contribution is 0.00926. The molecule has 2 heterocycles. The van der Waals surface area contributed by atoms with Gasteiger partial charge in [-0.2, -0.15) is 0 Å². The Labute approximate surface area is 126 Å². The van der Waals surface area contributed by atoms with Crippen molar-refractivity contribution in [1.82, 2.24) is 10.2 Å². The van der Waals surface area contributed by atoms with E-state index in [-0.39, 0.29) is 12.1 Å². The molecule has 0 spiro atoms. The Balaban J connectivity index is 1.80. The number of piperidine rings is 1. The molecular weight excluding hydrogens is 268 g/mol. The maximum atomic E-state index is 12.1. The Bertz CT molecular complexity index is 451. The molecule has 5 nitrogen and oxygen atoms in total. The summed E-state index contributed by atoms with van der Waals surface area (Å²) in [6, 6.07) is 4.45. The highest BCUT2D eigenvalue weighted by Gasteiger charge is 2.31. The molecule has 1 aliphatic rings. The van der Waals surface area contributed by atoms with Crippen LogP contribution in [-0.2, 0) is 11.3 Å². The molecule has 0 bridgehead atoms. The number of carbonyl (C=O) groups excluding carboxylic acids is 1. The van der Waals surface area contributed by atoms with Gasteiger partial charge in [0.1, 0.15) is 11.4 Å². The van der Waals surface area contributed by atoms with Crippen LogP contribution in [0.4, 0.5) is 4.79 Å². The quantitative estimate of drug-likeness (QED) is 0.930. The lowest BCUT2D eigenvalue weighted by atomic mass is 9.98. The Morgan fingerprint density at radius 1 is 1.52 bits per heavy atom. The monoisotopic (exact) mass is 294 g/mol. The first-order chi connectivity index (χ1) is 9.85. The normalized spacial score (nSPS) is 23.1. The summed E-state index contributed by atoms with van der Waals surface area (Å²) in [5.41, 5.74) is -0.439. The van der Waals surface area contributed by atoms with Gasteiger partial charge in [-0.05, 0) is 52.7 Å². The highest BCUT2D eigenvalue weighted by atomic mass is 16.6. The summed E-state index contributed by atoms with van der Waals surface area (Å²) in [5, 5.41) is 3.49. The molecular formula is C16H26N2O3. The largest absolute Gasteiger partial charge is 0.468 e. The number of hydrogen-bond donors (Lipinski definition) is 1. The standard InChI is InChI=1S/C16H26N2O3/c1-12-10-13(17-11-14-6-5-9-20-14)7-8-18(12)15(19)21-16(2,3)4/h5-6,9,12-13,17H,7-8,10-11H2,1-4H3. The first kappa shape index (κ1) is 15.9. The van der Waals surface area contributed by atoms with Crippen molar-refractivity contribution in [2.24, 2.45) is 0 Å². The van der Waals surface area contributed by atoms with E-state index >= 15 is 0 Å². The Morgan fingerprint density at radius 2 is 2.29 bits per heavy atom. The van der Waals surface area contributed by atoms with Gasteiger partial charge in [-0.1, -0.05) is 0 Å². The Hall–Kier alpha value is -1.49. The van der Waals surface area contributed by atoms with Crippen molar-refractivity contribution >= 4 is 6.09 Å². The lowest BCUT2D eigenvalue weighted by Crippen LogP contribution is -2.50. The first-order valence-corrected chi connectivity index (χ1v) is 7.60. The van der Waals surface area contributed by atoms with Gasteiger partial charge in [0.05, 0.1) is 12.8 Å². The molecule has 1 amide bonds. The molecule has 0 aliphatic carbocycles. The van der Waals surface area contributed by atoms with Gasteiger partial charge in [-0.25, -0.2) is 4.79 Å². The second-order valence-corrected chi connectivity index (χ2v) is 6.70. The molecule has 1 saturated heterocycles. The van der Waals surface area contributed by atoms with Gasteiger partial charge in [-0.3, -0.25) is 0 Å². The summed E-state index contributed by atoms with van der Waals surface area (Å²) >= 11 is 0. The van der Waals surface area contributed by atoms with Crippen LogP contribution in [0.5, 0.6) is 0 Å². The fourth-order valence-corrected chi connectivity index (χ4v) is 2.61. The van der Waals surface area contributed by atoms with Crippen LogP contribution in [0.2, 0.25) is 0 Å². The maximum absolute atomic E-state index is 12.1. The van der Waals surface area contributed by atoms with Crippen LogP contribution in [0.1, 0.15) is 46.3 Å². The van der Waals surface area contributed by atoms with Crippen molar-refractivity contribution in [3.05, 3.63) is 24.2 Å². The molecule has 1 aromatic heterocycles. The molecule has 1 aliphatic heterocycles. The summed E-state index contributed by atoms with van der Waals surface area (Å²) in [6.45, 7) is 9.22. The zero-order chi connectivity index (χ0) is 15.5. The molecule has 1 N–H and O–H groups in total. The van der Waals surface area contributed by atoms with Crippen LogP contribution >= 0.6 is 0 Å². The number of amides is 1. The summed E-state index contributed by atoms with van der Waals surface area (Å²) in [5.74, 6) is 0.942. The minimum atomic E-state index is -0.439. The van der Waals surface area contributed by atoms with E-state index in [9.17, 15) is 4.79 Å². The maximum Gasteiger partial charge on any atom is 0.410 e. The van der Waals surface area contributed by atoms with Crippen molar-refractivity contribution in [2.45, 2.75) is 64.8 Å². The van der Waals surface area contributed by atoms with Crippen molar-refractivity contribution < 1.29 is 13.9 Å². The third-order valence-electron chi connectivity index (χ3n) is 3.65. The van der Waals surface area contributed by atoms with Gasteiger partial charge in [-0.15, -0.1) is 0 Å². The van der Waals surface area contributed by atoms with Crippen LogP contribution in [0.15, 0.2) is 22.8 Å². The van der Waals surface area contributed by atoms with Crippen molar-refractivity contribution in [3.8, 4) is 0 Å². The van der Waals surface area contributed by atoms with Crippen molar-refractivity contribution in [2.75, 3.05) is 6.54 Å². The molecule has 1 fully saturated rings. The molecule has 0 radical (unpaired) electrons. The van der Waals surface area contributed by atoms with Crippen LogP contribution in [-0.4, -0.2) is 35.2 Å². The molecule has 1 aromatic rings. The van der Waals surface area contributed by atoms with E-state index in [2.05, 4.69) is 12.2 Å². The molecule has 21 heavy (non-hydrogen) atoms. The smallest absolute Gasteiger partial charge is 0.410 e. The second kappa shape index (κ2) is 6.52. The van der Waals surface area contributed by atoms with Gasteiger partial charge in [0.2, 0.25) is 0 Å². The molecule has 118 valence electrons. The lowest BCUT2D eigenvalue weighted by Gasteiger charge is -2.38. The average Bonchev–Trinajstić information content (AvgIpc) is 2.87. The van der Waals surface area contributed by atoms with Crippen LogP contribution < -0.4 is 5.32 Å². The highest BCUT2D eigenvalue weighted by molar-refractivity contribution is 5.68. The van der Waals surface area contributed by atoms with E-state index in [1.807, 2.05) is 37.8 Å². The molecule has 2 rings (SSSR count). The number of ether oxygens (including phenoxy) is 1. The van der Waals surface area contributed by atoms with E-state index < -0.39 is 5.60 Å². The van der Waals surface area contributed by atoms with Crippen LogP contribution in [0.3, 0.4) is 0 Å². The first-order valence-electron chi connectivity index (χ1n) is 7.60. The number of furan rings is 1. The van der Waals surface area contributed by atoms with E-state index in [0.717, 1.165) is 31.7 Å². The van der Waals surface area contributed by atoms with Gasteiger partial charge in [0.25, 0.3) is 0 Å². The topological polar surface area (TPSA) is 54.7 Å². The van der Waals surface area contributed by atoms with Crippen LogP contribution in [0.25, 0.3) is 0 Å². The van der Waals surface area contributed by atoms with E-state index in [1.165, 1.54) is 0 Å². The van der Waals surface area contributed by atoms with Gasteiger partial charge >= 0.3 is 6.09 Å². The molecule has 0 aromatic carbocycles. The van der Waals surface area contributed by atoms with E-state index in [1.54, 1.807) is 6.26 Å². The number of carbonyl (C=O) groups is 1. The highest BCUT2D eigenvalue weighted by Crippen LogP contribution is 2.21. The fourth-order valence-electron chi connectivity index (χ4n) is 2.61. The van der Waals surface area contributed by atoms with Gasteiger partial charge in [0, 0.05) is 18.6 Å². The number of likely N-dealkylation sites (tertiary alicyclic amines) is 1. The third-order valence-corrected chi connectivity index (χ3v) is 3.65. The molecule has 5 heteroatoms. The Kier molecular flexibility index (Phi) is 4.93. The average molecular weight is 294 g/mol. The van der Waals surface area contributed by atoms with Crippen molar-refractivity contribution in [1.29, 1.82) is 0 Å². The third kappa shape index (κ3) is 4.77. The minimum Gasteiger partial charge on any atom is -0.468 e. The van der Waals surface area contributed by atoms with Gasteiger partial charge < -0.3 is 19.4 Å². The van der Waals surface area contributed by atoms with Gasteiger partial charge in [0.15, 0.2) is 0 Å². The molecule has 2 atom stereocenters. The predicted molar refractivity (Wildman–Crippen MR) is 81.0 cm³/mol. The molecule has 0 saturated carbocycles. The number of hydrogen-bond acceptors (Lipinski definition) is 4. The summed E-state index contributed by atoms with van der Waals surface area (Å²) < 4.78 is 10.8. The fraction of sp³-hybridized carbons (Fsp3) is 0.688. The summed E-state index contributed by atoms with van der Waals surface area (Å²) in [7, 11) is 0. The SMILES string of the molecule is CC1CC(NCc2ccco2)CCN1C(=O)OC(C)(C)C.